The molecule has 2 saturated heterocycles. The van der Waals surface area contributed by atoms with Crippen molar-refractivity contribution >= 4 is 85.2 Å². The van der Waals surface area contributed by atoms with Crippen molar-refractivity contribution in [3.05, 3.63) is 125 Å². The molecule has 7 aromatic rings. The van der Waals surface area contributed by atoms with Crippen LogP contribution in [0.15, 0.2) is 95.4 Å². The number of nitrogens with one attached hydrogen (secondary N) is 2. The molecule has 3 aliphatic heterocycles. The van der Waals surface area contributed by atoms with Gasteiger partial charge in [-0.05, 0) is 115 Å². The minimum Gasteiger partial charge on any atom is -0.490 e. The van der Waals surface area contributed by atoms with Crippen LogP contribution in [0.25, 0.3) is 32.4 Å². The predicted molar refractivity (Wildman–Crippen MR) is 279 cm³/mol. The second-order valence-corrected chi connectivity index (χ2v) is 20.0. The highest BCUT2D eigenvalue weighted by molar-refractivity contribution is 7.22. The monoisotopic (exact) mass is 984 g/mol. The van der Waals surface area contributed by atoms with Gasteiger partial charge < -0.3 is 24.1 Å². The number of ether oxygens (including phenoxy) is 1. The zero-order chi connectivity index (χ0) is 49.3. The molecule has 1 atom stereocenters. The summed E-state index contributed by atoms with van der Waals surface area (Å²) in [7, 11) is 0. The molecule has 366 valence electrons. The van der Waals surface area contributed by atoms with Gasteiger partial charge in [0.2, 0.25) is 11.8 Å². The number of piperazine rings is 1. The number of hydrogen-bond donors (Lipinski definition) is 3. The third-order valence-corrected chi connectivity index (χ3v) is 15.2. The zero-order valence-electron chi connectivity index (χ0n) is 39.9. The molecule has 6 heterocycles. The number of carbonyl (C=O) groups is 4. The molecule has 1 saturated carbocycles. The van der Waals surface area contributed by atoms with Crippen LogP contribution in [0.5, 0.6) is 5.75 Å². The number of anilines is 3. The Bertz CT molecular complexity index is 3290. The molecule has 3 aromatic heterocycles. The molecule has 3 N–H and O–H groups in total. The van der Waals surface area contributed by atoms with Crippen molar-refractivity contribution in [2.45, 2.75) is 76.9 Å². The normalized spacial score (nSPS) is 18.4. The standard InChI is InChI=1S/C55H53N9O7S/c1-33-30-38(70-37-13-11-36(12-14-37)56-23-5-24-62-26-28-63(29-27-62)55-58-45-31-35(10-19-46(45)71-55)40-18-21-49(65)60-51(40)66)15-16-39(33)41-17-20-48(59-50(41)53(68)69)64-25-22-34-6-4-7-42(43(34)32-64)52(67)61-54-57-44-8-2-3-9-47(44)72-54/h2-4,6-10,15-17,19-20,23,30-31,37,40H,5,11-14,18,21-22,24-29,32H2,1H3,(H2-,57,60,61,65,66,67,68,69)/p+1. The molecule has 0 bridgehead atoms. The third-order valence-electron chi connectivity index (χ3n) is 14.3. The number of aromatic nitrogens is 3. The first-order chi connectivity index (χ1) is 35.1. The summed E-state index contributed by atoms with van der Waals surface area (Å²) in [4.78, 5) is 71.1. The summed E-state index contributed by atoms with van der Waals surface area (Å²) in [6.45, 7) is 7.30. The van der Waals surface area contributed by atoms with Crippen molar-refractivity contribution in [1.29, 1.82) is 0 Å². The first-order valence-corrected chi connectivity index (χ1v) is 25.5. The summed E-state index contributed by atoms with van der Waals surface area (Å²) in [5.74, 6) is -0.897. The number of pyridine rings is 1. The van der Waals surface area contributed by atoms with Crippen molar-refractivity contribution in [1.82, 2.24) is 29.8 Å². The summed E-state index contributed by atoms with van der Waals surface area (Å²) >= 11 is 1.43. The highest BCUT2D eigenvalue weighted by Crippen LogP contribution is 2.35. The van der Waals surface area contributed by atoms with E-state index in [1.165, 1.54) is 17.0 Å². The van der Waals surface area contributed by atoms with Crippen molar-refractivity contribution in [3.63, 3.8) is 0 Å². The van der Waals surface area contributed by atoms with E-state index in [0.29, 0.717) is 71.5 Å². The fourth-order valence-electron chi connectivity index (χ4n) is 10.4. The highest BCUT2D eigenvalue weighted by Gasteiger charge is 2.30. The number of aromatic carboxylic acids is 1. The van der Waals surface area contributed by atoms with Gasteiger partial charge >= 0.3 is 5.97 Å². The van der Waals surface area contributed by atoms with Gasteiger partial charge in [0.1, 0.15) is 17.1 Å². The molecule has 17 heteroatoms. The van der Waals surface area contributed by atoms with Crippen LogP contribution in [0.2, 0.25) is 0 Å². The molecular formula is C55H54N9O7S+. The van der Waals surface area contributed by atoms with E-state index in [1.807, 2.05) is 109 Å². The lowest BCUT2D eigenvalue weighted by Gasteiger charge is -2.33. The van der Waals surface area contributed by atoms with E-state index in [4.69, 9.17) is 23.8 Å². The summed E-state index contributed by atoms with van der Waals surface area (Å²) < 4.78 is 18.4. The average Bonchev–Trinajstić information content (AvgIpc) is 4.02. The number of nitrogens with zero attached hydrogens (tertiary/aromatic N) is 7. The van der Waals surface area contributed by atoms with Crippen molar-refractivity contribution in [2.75, 3.05) is 54.4 Å². The van der Waals surface area contributed by atoms with Gasteiger partial charge in [0.25, 0.3) is 23.8 Å². The fourth-order valence-corrected chi connectivity index (χ4v) is 11.2. The molecule has 0 radical (unpaired) electrons. The number of piperidine rings is 1. The number of benzene rings is 4. The maximum absolute atomic E-state index is 13.6. The van der Waals surface area contributed by atoms with Crippen molar-refractivity contribution in [2.24, 2.45) is 0 Å². The van der Waals surface area contributed by atoms with Crippen molar-refractivity contribution in [3.8, 4) is 16.9 Å². The average molecular weight is 985 g/mol. The number of thiazole rings is 1. The van der Waals surface area contributed by atoms with E-state index in [1.54, 1.807) is 0 Å². The van der Waals surface area contributed by atoms with Crippen LogP contribution in [0, 0.1) is 6.92 Å². The number of para-hydroxylation sites is 1. The lowest BCUT2D eigenvalue weighted by atomic mass is 9.90. The van der Waals surface area contributed by atoms with E-state index in [0.717, 1.165) is 109 Å². The fraction of sp³-hybridized carbons (Fsp3) is 0.327. The topological polar surface area (TPSA) is 197 Å². The Kier molecular flexibility index (Phi) is 13.1. The van der Waals surface area contributed by atoms with Crippen LogP contribution in [0.3, 0.4) is 0 Å². The number of fused-ring (bicyclic) bond motifs is 3. The number of hydrogen-bond acceptors (Lipinski definition) is 13. The summed E-state index contributed by atoms with van der Waals surface area (Å²) in [5.41, 5.74) is 8.97. The number of carboxylic acids is 1. The molecule has 3 fully saturated rings. The predicted octanol–water partition coefficient (Wildman–Crippen LogP) is 7.95. The maximum Gasteiger partial charge on any atom is 0.355 e. The van der Waals surface area contributed by atoms with Crippen LogP contribution in [0.1, 0.15) is 94.0 Å². The van der Waals surface area contributed by atoms with Gasteiger partial charge in [0.05, 0.1) is 28.7 Å². The van der Waals surface area contributed by atoms with Gasteiger partial charge in [-0.3, -0.25) is 29.9 Å². The number of carboxylic acid groups (broad SMARTS) is 1. The summed E-state index contributed by atoms with van der Waals surface area (Å²) in [6, 6.07) is 29.3. The quantitative estimate of drug-likeness (QED) is 0.0607. The Hall–Kier alpha value is -7.72. The first-order valence-electron chi connectivity index (χ1n) is 24.7. The molecule has 4 aliphatic rings. The smallest absolute Gasteiger partial charge is 0.355 e. The van der Waals surface area contributed by atoms with Crippen LogP contribution in [-0.4, -0.2) is 106 Å². The second-order valence-electron chi connectivity index (χ2n) is 18.9. The van der Waals surface area contributed by atoms with Gasteiger partial charge in [-0.2, -0.15) is 4.98 Å². The SMILES string of the molecule is Cc1cc(OC2CCC(=[N+]=CCCN3CCN(c4nc5cc(C6CCC(=O)NC6=O)ccc5o4)CC3)CC2)ccc1-c1ccc(N2CCc3cccc(C(=O)Nc4nc5ccccc5s4)c3C2)nc1C(=O)O. The summed E-state index contributed by atoms with van der Waals surface area (Å²) in [6.07, 6.45) is 7.97. The van der Waals surface area contributed by atoms with Gasteiger partial charge in [-0.1, -0.05) is 47.7 Å². The van der Waals surface area contributed by atoms with Crippen LogP contribution >= 0.6 is 11.3 Å². The lowest BCUT2D eigenvalue weighted by molar-refractivity contribution is -0.134. The molecule has 1 unspecified atom stereocenters. The van der Waals surface area contributed by atoms with Gasteiger partial charge in [-0.15, -0.1) is 4.67 Å². The Morgan fingerprint density at radius 3 is 2.50 bits per heavy atom. The Morgan fingerprint density at radius 1 is 0.861 bits per heavy atom. The molecule has 0 spiro atoms. The minimum atomic E-state index is -1.11. The van der Waals surface area contributed by atoms with Gasteiger partial charge in [0, 0.05) is 76.2 Å². The molecule has 72 heavy (non-hydrogen) atoms. The minimum absolute atomic E-state index is 0.0300. The maximum atomic E-state index is 13.6. The highest BCUT2D eigenvalue weighted by atomic mass is 32.1. The number of aryl methyl sites for hydroxylation is 1. The van der Waals surface area contributed by atoms with Crippen LogP contribution < -0.4 is 29.8 Å². The lowest BCUT2D eigenvalue weighted by Crippen LogP contribution is -2.46. The molecule has 1 aliphatic carbocycles. The van der Waals surface area contributed by atoms with Gasteiger partial charge in [0.15, 0.2) is 16.4 Å². The number of imide groups is 1. The number of oxazole rings is 1. The van der Waals surface area contributed by atoms with E-state index in [9.17, 15) is 24.3 Å². The zero-order valence-corrected chi connectivity index (χ0v) is 40.8. The molecular weight excluding hydrogens is 931 g/mol. The van der Waals surface area contributed by atoms with Crippen LogP contribution in [-0.2, 0) is 22.6 Å². The molecule has 4 aromatic carbocycles. The summed E-state index contributed by atoms with van der Waals surface area (Å²) in [5, 5.41) is 16.4. The Balaban J connectivity index is 0.657. The van der Waals surface area contributed by atoms with Crippen LogP contribution in [0.4, 0.5) is 17.0 Å². The molecule has 16 nitrogen and oxygen atoms in total. The molecule has 3 amide bonds. The Labute approximate surface area is 419 Å². The Morgan fingerprint density at radius 2 is 1.69 bits per heavy atom. The van der Waals surface area contributed by atoms with E-state index >= 15 is 0 Å². The van der Waals surface area contributed by atoms with Gasteiger partial charge in [-0.25, -0.2) is 14.8 Å². The largest absolute Gasteiger partial charge is 0.490 e. The van der Waals surface area contributed by atoms with E-state index < -0.39 is 5.97 Å². The first kappa shape index (κ1) is 46.7. The molecule has 11 rings (SSSR count). The number of rotatable bonds is 12. The second kappa shape index (κ2) is 20.2. The number of amides is 3. The van der Waals surface area contributed by atoms with E-state index in [2.05, 4.69) is 25.4 Å². The van der Waals surface area contributed by atoms with Crippen molar-refractivity contribution < 1.29 is 33.4 Å². The number of carbonyl (C=O) groups excluding carboxylic acids is 3. The van der Waals surface area contributed by atoms with E-state index in [-0.39, 0.29) is 35.4 Å². The third kappa shape index (κ3) is 9.95.